The maximum atomic E-state index is 12.9. The van der Waals surface area contributed by atoms with Crippen LogP contribution in [0, 0.1) is 6.92 Å². The Morgan fingerprint density at radius 3 is 2.47 bits per heavy atom. The Hall–Kier alpha value is -3.50. The first-order chi connectivity index (χ1) is 16.2. The van der Waals surface area contributed by atoms with Crippen LogP contribution in [0.25, 0.3) is 5.65 Å². The number of carbonyl (C=O) groups is 2. The van der Waals surface area contributed by atoms with E-state index >= 15 is 0 Å². The fraction of sp³-hybridized carbons (Fsp3) is 0.417. The summed E-state index contributed by atoms with van der Waals surface area (Å²) in [5.41, 5.74) is 0.997. The van der Waals surface area contributed by atoms with Crippen molar-refractivity contribution in [3.05, 3.63) is 53.2 Å². The molecule has 34 heavy (non-hydrogen) atoms. The minimum atomic E-state index is -1.37. The molecule has 10 nitrogen and oxygen atoms in total. The summed E-state index contributed by atoms with van der Waals surface area (Å²) in [6.07, 6.45) is 1.63. The van der Waals surface area contributed by atoms with Crippen molar-refractivity contribution in [3.63, 3.8) is 0 Å². The van der Waals surface area contributed by atoms with Crippen LogP contribution >= 0.6 is 0 Å². The molecular weight excluding hydrogens is 436 g/mol. The quantitative estimate of drug-likeness (QED) is 0.434. The summed E-state index contributed by atoms with van der Waals surface area (Å²) < 4.78 is 1.77. The summed E-state index contributed by atoms with van der Waals surface area (Å²) in [6.45, 7) is 5.99. The third-order valence-electron chi connectivity index (χ3n) is 6.08. The standard InChI is InChI=1S/C24H30N6O4/c1-15-12-21-26-20(27-23(33)17-4-6-18(7-5-17)24(3,34)14-31)13-22(30(21)28-15)29-10-8-19(9-11-29)25-16(2)32/h4-7,12-13,19,31,34H,8-11,14H2,1-3H3,(H,25,32)(H,26,27,33)/t24-/m0/s1. The Bertz CT molecular complexity index is 1200. The summed E-state index contributed by atoms with van der Waals surface area (Å²) in [5.74, 6) is 0.871. The Kier molecular flexibility index (Phi) is 6.54. The van der Waals surface area contributed by atoms with Crippen molar-refractivity contribution in [3.8, 4) is 0 Å². The van der Waals surface area contributed by atoms with Crippen molar-refractivity contribution in [1.82, 2.24) is 19.9 Å². The van der Waals surface area contributed by atoms with Gasteiger partial charge >= 0.3 is 0 Å². The van der Waals surface area contributed by atoms with Crippen LogP contribution in [0.3, 0.4) is 0 Å². The van der Waals surface area contributed by atoms with Gasteiger partial charge in [0.1, 0.15) is 17.2 Å². The van der Waals surface area contributed by atoms with Crippen molar-refractivity contribution in [2.75, 3.05) is 29.9 Å². The van der Waals surface area contributed by atoms with Gasteiger partial charge in [-0.3, -0.25) is 9.59 Å². The summed E-state index contributed by atoms with van der Waals surface area (Å²) in [4.78, 5) is 31.0. The van der Waals surface area contributed by atoms with E-state index in [9.17, 15) is 19.8 Å². The molecule has 0 aliphatic carbocycles. The molecule has 3 heterocycles. The Morgan fingerprint density at radius 2 is 1.85 bits per heavy atom. The molecule has 4 N–H and O–H groups in total. The number of aliphatic hydroxyl groups is 2. The minimum Gasteiger partial charge on any atom is -0.393 e. The number of benzene rings is 1. The Labute approximate surface area is 197 Å². The molecule has 10 heteroatoms. The molecule has 1 aromatic carbocycles. The lowest BCUT2D eigenvalue weighted by Crippen LogP contribution is -2.44. The van der Waals surface area contributed by atoms with E-state index in [1.807, 2.05) is 13.0 Å². The van der Waals surface area contributed by atoms with Gasteiger partial charge in [-0.2, -0.15) is 9.61 Å². The highest BCUT2D eigenvalue weighted by atomic mass is 16.3. The molecule has 0 saturated carbocycles. The number of hydrogen-bond donors (Lipinski definition) is 4. The van der Waals surface area contributed by atoms with E-state index in [1.54, 1.807) is 34.8 Å². The molecule has 1 atom stereocenters. The number of piperidine rings is 1. The van der Waals surface area contributed by atoms with E-state index in [1.165, 1.54) is 13.8 Å². The zero-order chi connectivity index (χ0) is 24.5. The molecule has 1 aliphatic heterocycles. The number of nitrogens with zero attached hydrogens (tertiary/aromatic N) is 4. The van der Waals surface area contributed by atoms with E-state index in [0.717, 1.165) is 37.4 Å². The Balaban J connectivity index is 1.55. The summed E-state index contributed by atoms with van der Waals surface area (Å²) in [5, 5.41) is 29.9. The lowest BCUT2D eigenvalue weighted by atomic mass is 9.96. The molecule has 0 unspecified atom stereocenters. The summed E-state index contributed by atoms with van der Waals surface area (Å²) in [6, 6.07) is 10.3. The third-order valence-corrected chi connectivity index (χ3v) is 6.08. The first kappa shape index (κ1) is 23.7. The molecule has 180 valence electrons. The maximum absolute atomic E-state index is 12.9. The molecule has 0 spiro atoms. The third kappa shape index (κ3) is 5.02. The number of rotatable bonds is 6. The Morgan fingerprint density at radius 1 is 1.18 bits per heavy atom. The zero-order valence-corrected chi connectivity index (χ0v) is 19.6. The molecule has 0 bridgehead atoms. The first-order valence-electron chi connectivity index (χ1n) is 11.3. The van der Waals surface area contributed by atoms with Crippen LogP contribution in [0.1, 0.15) is 48.3 Å². The molecule has 1 fully saturated rings. The lowest BCUT2D eigenvalue weighted by Gasteiger charge is -2.33. The fourth-order valence-electron chi connectivity index (χ4n) is 4.16. The van der Waals surface area contributed by atoms with Crippen LogP contribution in [-0.4, -0.2) is 62.4 Å². The van der Waals surface area contributed by atoms with Gasteiger partial charge in [0.25, 0.3) is 5.91 Å². The number of nitrogens with one attached hydrogen (secondary N) is 2. The van der Waals surface area contributed by atoms with Crippen LogP contribution in [0.15, 0.2) is 36.4 Å². The number of aliphatic hydroxyl groups excluding tert-OH is 1. The van der Waals surface area contributed by atoms with Gasteiger partial charge in [-0.15, -0.1) is 0 Å². The fourth-order valence-corrected chi connectivity index (χ4v) is 4.16. The van der Waals surface area contributed by atoms with Gasteiger partial charge in [-0.25, -0.2) is 4.98 Å². The monoisotopic (exact) mass is 466 g/mol. The van der Waals surface area contributed by atoms with E-state index in [2.05, 4.69) is 25.6 Å². The van der Waals surface area contributed by atoms with Gasteiger partial charge in [0.2, 0.25) is 5.91 Å². The minimum absolute atomic E-state index is 0.0227. The molecule has 2 aromatic heterocycles. The number of aromatic nitrogens is 3. The van der Waals surface area contributed by atoms with Crippen molar-refractivity contribution in [2.24, 2.45) is 0 Å². The maximum Gasteiger partial charge on any atom is 0.256 e. The summed E-state index contributed by atoms with van der Waals surface area (Å²) in [7, 11) is 0. The van der Waals surface area contributed by atoms with Crippen molar-refractivity contribution in [2.45, 2.75) is 45.3 Å². The second kappa shape index (κ2) is 9.40. The largest absolute Gasteiger partial charge is 0.393 e. The summed E-state index contributed by atoms with van der Waals surface area (Å²) >= 11 is 0. The highest BCUT2D eigenvalue weighted by molar-refractivity contribution is 6.04. The molecule has 4 rings (SSSR count). The highest BCUT2D eigenvalue weighted by Gasteiger charge is 2.24. The second-order valence-corrected chi connectivity index (χ2v) is 8.98. The van der Waals surface area contributed by atoms with Crippen LogP contribution < -0.4 is 15.5 Å². The first-order valence-corrected chi connectivity index (χ1v) is 11.3. The van der Waals surface area contributed by atoms with E-state index in [4.69, 9.17) is 0 Å². The SMILES string of the molecule is CC(=O)NC1CCN(c2cc(NC(=O)c3ccc([C@@](C)(O)CO)cc3)nc3cc(C)nn23)CC1. The molecular formula is C24H30N6O4. The molecule has 3 aromatic rings. The predicted octanol–water partition coefficient (Wildman–Crippen LogP) is 1.59. The van der Waals surface area contributed by atoms with Gasteiger partial charge in [-0.1, -0.05) is 12.1 Å². The number of carbonyl (C=O) groups excluding carboxylic acids is 2. The van der Waals surface area contributed by atoms with Gasteiger partial charge in [0, 0.05) is 43.8 Å². The van der Waals surface area contributed by atoms with Crippen LogP contribution in [0.4, 0.5) is 11.6 Å². The van der Waals surface area contributed by atoms with E-state index in [0.29, 0.717) is 22.6 Å². The van der Waals surface area contributed by atoms with E-state index in [-0.39, 0.29) is 17.9 Å². The number of fused-ring (bicyclic) bond motifs is 1. The smallest absolute Gasteiger partial charge is 0.256 e. The predicted molar refractivity (Wildman–Crippen MR) is 128 cm³/mol. The highest BCUT2D eigenvalue weighted by Crippen LogP contribution is 2.25. The van der Waals surface area contributed by atoms with Crippen LogP contribution in [0.5, 0.6) is 0 Å². The van der Waals surface area contributed by atoms with E-state index < -0.39 is 12.2 Å². The number of aryl methyl sites for hydroxylation is 1. The average molecular weight is 467 g/mol. The second-order valence-electron chi connectivity index (χ2n) is 8.98. The van der Waals surface area contributed by atoms with Gasteiger partial charge in [-0.05, 0) is 44.4 Å². The number of hydrogen-bond acceptors (Lipinski definition) is 7. The van der Waals surface area contributed by atoms with Crippen molar-refractivity contribution < 1.29 is 19.8 Å². The molecule has 2 amide bonds. The van der Waals surface area contributed by atoms with Crippen molar-refractivity contribution >= 4 is 29.1 Å². The zero-order valence-electron chi connectivity index (χ0n) is 19.6. The van der Waals surface area contributed by atoms with Crippen molar-refractivity contribution in [1.29, 1.82) is 0 Å². The number of amides is 2. The lowest BCUT2D eigenvalue weighted by molar-refractivity contribution is -0.119. The molecule has 0 radical (unpaired) electrons. The average Bonchev–Trinajstić information content (AvgIpc) is 3.19. The van der Waals surface area contributed by atoms with Gasteiger partial charge in [0.05, 0.1) is 12.3 Å². The van der Waals surface area contributed by atoms with Crippen LogP contribution in [-0.2, 0) is 10.4 Å². The topological polar surface area (TPSA) is 132 Å². The van der Waals surface area contributed by atoms with Gasteiger partial charge in [0.15, 0.2) is 5.65 Å². The molecule has 1 saturated heterocycles. The normalized spacial score (nSPS) is 16.3. The van der Waals surface area contributed by atoms with Gasteiger partial charge < -0.3 is 25.7 Å². The molecule has 1 aliphatic rings. The number of anilines is 2. The van der Waals surface area contributed by atoms with Crippen LogP contribution in [0.2, 0.25) is 0 Å².